The number of anilines is 1. The first-order valence-electron chi connectivity index (χ1n) is 9.10. The summed E-state index contributed by atoms with van der Waals surface area (Å²) in [7, 11) is -2.40. The van der Waals surface area contributed by atoms with Crippen molar-refractivity contribution >= 4 is 21.4 Å². The highest BCUT2D eigenvalue weighted by Crippen LogP contribution is 2.32. The zero-order valence-electron chi connectivity index (χ0n) is 16.4. The van der Waals surface area contributed by atoms with Crippen LogP contribution < -0.4 is 9.46 Å². The fraction of sp³-hybridized carbons (Fsp3) is 0.136. The summed E-state index contributed by atoms with van der Waals surface area (Å²) in [5, 5.41) is 0. The highest BCUT2D eigenvalue weighted by Gasteiger charge is 2.22. The van der Waals surface area contributed by atoms with E-state index in [4.69, 9.17) is 4.74 Å². The van der Waals surface area contributed by atoms with Gasteiger partial charge in [0.2, 0.25) is 0 Å². The summed E-state index contributed by atoms with van der Waals surface area (Å²) in [6.07, 6.45) is 3.78. The SMILES string of the molecule is COc1cc(C)c(C)cc1S(=O)(=O)Nc1ccccc1-c1cn2ccccc2n1. The van der Waals surface area contributed by atoms with E-state index in [0.717, 1.165) is 16.8 Å². The quantitative estimate of drug-likeness (QED) is 0.531. The largest absolute Gasteiger partial charge is 0.495 e. The van der Waals surface area contributed by atoms with Gasteiger partial charge in [-0.25, -0.2) is 13.4 Å². The molecule has 0 radical (unpaired) electrons. The molecule has 0 aliphatic heterocycles. The number of fused-ring (bicyclic) bond motifs is 1. The maximum atomic E-state index is 13.2. The molecule has 4 aromatic rings. The second-order valence-corrected chi connectivity index (χ2v) is 8.48. The Labute approximate surface area is 169 Å². The topological polar surface area (TPSA) is 72.7 Å². The van der Waals surface area contributed by atoms with E-state index in [1.54, 1.807) is 24.3 Å². The van der Waals surface area contributed by atoms with Crippen LogP contribution in [0.3, 0.4) is 0 Å². The number of hydrogen-bond acceptors (Lipinski definition) is 4. The van der Waals surface area contributed by atoms with Crippen LogP contribution in [0.4, 0.5) is 5.69 Å². The molecule has 2 aromatic heterocycles. The Morgan fingerprint density at radius 2 is 1.72 bits per heavy atom. The summed E-state index contributed by atoms with van der Waals surface area (Å²) in [6, 6.07) is 16.3. The van der Waals surface area contributed by atoms with Crippen LogP contribution in [0, 0.1) is 13.8 Å². The monoisotopic (exact) mass is 407 g/mol. The van der Waals surface area contributed by atoms with Crippen molar-refractivity contribution in [1.29, 1.82) is 0 Å². The molecule has 6 nitrogen and oxygen atoms in total. The van der Waals surface area contributed by atoms with Gasteiger partial charge in [-0.2, -0.15) is 0 Å². The van der Waals surface area contributed by atoms with Gasteiger partial charge >= 0.3 is 0 Å². The second kappa shape index (κ2) is 7.25. The van der Waals surface area contributed by atoms with Crippen molar-refractivity contribution in [2.45, 2.75) is 18.7 Å². The van der Waals surface area contributed by atoms with E-state index in [0.29, 0.717) is 22.7 Å². The lowest BCUT2D eigenvalue weighted by Gasteiger charge is -2.15. The number of ether oxygens (including phenoxy) is 1. The molecule has 0 aliphatic carbocycles. The Kier molecular flexibility index (Phi) is 4.76. The smallest absolute Gasteiger partial charge is 0.265 e. The molecule has 0 saturated carbocycles. The molecule has 0 atom stereocenters. The summed E-state index contributed by atoms with van der Waals surface area (Å²) in [5.74, 6) is 0.311. The molecule has 0 bridgehead atoms. The average molecular weight is 407 g/mol. The second-order valence-electron chi connectivity index (χ2n) is 6.83. The number of rotatable bonds is 5. The lowest BCUT2D eigenvalue weighted by atomic mass is 10.1. The Balaban J connectivity index is 1.78. The number of para-hydroxylation sites is 1. The summed E-state index contributed by atoms with van der Waals surface area (Å²) in [5.41, 5.74) is 4.46. The van der Waals surface area contributed by atoms with Gasteiger partial charge in [0.25, 0.3) is 10.0 Å². The Morgan fingerprint density at radius 3 is 2.48 bits per heavy atom. The number of methoxy groups -OCH3 is 1. The molecular weight excluding hydrogens is 386 g/mol. The molecule has 7 heteroatoms. The maximum absolute atomic E-state index is 13.2. The minimum absolute atomic E-state index is 0.105. The molecule has 0 aliphatic rings. The third kappa shape index (κ3) is 3.56. The lowest BCUT2D eigenvalue weighted by molar-refractivity contribution is 0.402. The van der Waals surface area contributed by atoms with Crippen molar-refractivity contribution in [3.63, 3.8) is 0 Å². The number of nitrogens with zero attached hydrogens (tertiary/aromatic N) is 2. The number of aryl methyl sites for hydroxylation is 2. The fourth-order valence-corrected chi connectivity index (χ4v) is 4.51. The van der Waals surface area contributed by atoms with Crippen LogP contribution in [0.2, 0.25) is 0 Å². The molecule has 148 valence electrons. The van der Waals surface area contributed by atoms with Gasteiger partial charge in [-0.05, 0) is 55.3 Å². The van der Waals surface area contributed by atoms with Gasteiger partial charge in [0.1, 0.15) is 16.3 Å². The highest BCUT2D eigenvalue weighted by atomic mass is 32.2. The van der Waals surface area contributed by atoms with Gasteiger partial charge in [0.05, 0.1) is 18.5 Å². The Morgan fingerprint density at radius 1 is 1.00 bits per heavy atom. The van der Waals surface area contributed by atoms with Gasteiger partial charge in [-0.15, -0.1) is 0 Å². The van der Waals surface area contributed by atoms with Crippen molar-refractivity contribution in [3.05, 3.63) is 78.1 Å². The van der Waals surface area contributed by atoms with Crippen LogP contribution >= 0.6 is 0 Å². The predicted molar refractivity (Wildman–Crippen MR) is 114 cm³/mol. The van der Waals surface area contributed by atoms with Crippen molar-refractivity contribution in [1.82, 2.24) is 9.38 Å². The molecule has 1 N–H and O–H groups in total. The van der Waals surface area contributed by atoms with E-state index in [9.17, 15) is 8.42 Å². The van der Waals surface area contributed by atoms with E-state index < -0.39 is 10.0 Å². The molecule has 0 spiro atoms. The zero-order valence-corrected chi connectivity index (χ0v) is 17.2. The lowest BCUT2D eigenvalue weighted by Crippen LogP contribution is -2.15. The Hall–Kier alpha value is -3.32. The summed E-state index contributed by atoms with van der Waals surface area (Å²) < 4.78 is 36.3. The average Bonchev–Trinajstić information content (AvgIpc) is 3.13. The number of nitrogens with one attached hydrogen (secondary N) is 1. The molecule has 0 saturated heterocycles. The normalized spacial score (nSPS) is 11.6. The molecule has 29 heavy (non-hydrogen) atoms. The number of imidazole rings is 1. The first-order valence-corrected chi connectivity index (χ1v) is 10.6. The summed E-state index contributed by atoms with van der Waals surface area (Å²) >= 11 is 0. The molecule has 2 aromatic carbocycles. The highest BCUT2D eigenvalue weighted by molar-refractivity contribution is 7.92. The van der Waals surface area contributed by atoms with Crippen LogP contribution in [0.5, 0.6) is 5.75 Å². The van der Waals surface area contributed by atoms with Gasteiger partial charge < -0.3 is 9.14 Å². The van der Waals surface area contributed by atoms with Crippen LogP contribution in [-0.2, 0) is 10.0 Å². The summed E-state index contributed by atoms with van der Waals surface area (Å²) in [6.45, 7) is 3.79. The standard InChI is InChI=1S/C22H21N3O3S/c1-15-12-20(28-3)21(13-16(15)2)29(26,27)24-18-9-5-4-8-17(18)19-14-25-11-7-6-10-22(25)23-19/h4-14,24H,1-3H3. The van der Waals surface area contributed by atoms with Crippen molar-refractivity contribution < 1.29 is 13.2 Å². The number of benzene rings is 2. The minimum Gasteiger partial charge on any atom is -0.495 e. The predicted octanol–water partition coefficient (Wildman–Crippen LogP) is 4.43. The van der Waals surface area contributed by atoms with Crippen LogP contribution in [-0.4, -0.2) is 24.9 Å². The van der Waals surface area contributed by atoms with E-state index >= 15 is 0 Å². The molecule has 0 fully saturated rings. The van der Waals surface area contributed by atoms with Crippen LogP contribution in [0.1, 0.15) is 11.1 Å². The van der Waals surface area contributed by atoms with E-state index in [2.05, 4.69) is 9.71 Å². The van der Waals surface area contributed by atoms with E-state index in [1.807, 2.05) is 61.0 Å². The molecule has 4 rings (SSSR count). The van der Waals surface area contributed by atoms with Crippen molar-refractivity contribution in [2.24, 2.45) is 0 Å². The van der Waals surface area contributed by atoms with Gasteiger partial charge in [-0.3, -0.25) is 4.72 Å². The van der Waals surface area contributed by atoms with Crippen molar-refractivity contribution in [3.8, 4) is 17.0 Å². The fourth-order valence-electron chi connectivity index (χ4n) is 3.19. The van der Waals surface area contributed by atoms with Crippen molar-refractivity contribution in [2.75, 3.05) is 11.8 Å². The van der Waals surface area contributed by atoms with E-state index in [1.165, 1.54) is 7.11 Å². The summed E-state index contributed by atoms with van der Waals surface area (Å²) in [4.78, 5) is 4.71. The minimum atomic E-state index is -3.87. The third-order valence-electron chi connectivity index (χ3n) is 4.88. The third-order valence-corrected chi connectivity index (χ3v) is 6.27. The first-order chi connectivity index (χ1) is 13.9. The number of aromatic nitrogens is 2. The molecule has 0 unspecified atom stereocenters. The Bertz CT molecular complexity index is 1280. The first kappa shape index (κ1) is 19.0. The zero-order chi connectivity index (χ0) is 20.6. The van der Waals surface area contributed by atoms with Gasteiger partial charge in [0.15, 0.2) is 0 Å². The number of pyridine rings is 1. The number of hydrogen-bond donors (Lipinski definition) is 1. The molecule has 2 heterocycles. The maximum Gasteiger partial charge on any atom is 0.265 e. The van der Waals surface area contributed by atoms with Gasteiger partial charge in [-0.1, -0.05) is 24.3 Å². The van der Waals surface area contributed by atoms with Gasteiger partial charge in [0, 0.05) is 18.0 Å². The molecule has 0 amide bonds. The van der Waals surface area contributed by atoms with Crippen LogP contribution in [0.25, 0.3) is 16.9 Å². The molecular formula is C22H21N3O3S. The van der Waals surface area contributed by atoms with E-state index in [-0.39, 0.29) is 4.90 Å². The number of sulfonamides is 1. The van der Waals surface area contributed by atoms with Crippen LogP contribution in [0.15, 0.2) is 71.9 Å².